The molecule has 0 amide bonds. The van der Waals surface area contributed by atoms with Crippen molar-refractivity contribution in [2.45, 2.75) is 26.2 Å². The third-order valence-corrected chi connectivity index (χ3v) is 2.30. The zero-order valence-corrected chi connectivity index (χ0v) is 8.92. The maximum Gasteiger partial charge on any atom is 0.163 e. The molecule has 2 heteroatoms. The lowest BCUT2D eigenvalue weighted by Crippen LogP contribution is -2.01. The predicted molar refractivity (Wildman–Crippen MR) is 59.5 cm³/mol. The molecule has 0 N–H and O–H groups in total. The van der Waals surface area contributed by atoms with E-state index in [0.29, 0.717) is 17.5 Å². The van der Waals surface area contributed by atoms with Crippen LogP contribution in [0, 0.1) is 12.7 Å². The van der Waals surface area contributed by atoms with Crippen LogP contribution in [0.25, 0.3) is 0 Å². The second-order valence-corrected chi connectivity index (χ2v) is 3.56. The van der Waals surface area contributed by atoms with Crippen LogP contribution in [-0.2, 0) is 0 Å². The first kappa shape index (κ1) is 11.6. The van der Waals surface area contributed by atoms with E-state index in [1.54, 1.807) is 19.1 Å². The zero-order chi connectivity index (χ0) is 11.3. The van der Waals surface area contributed by atoms with Crippen molar-refractivity contribution >= 4 is 5.78 Å². The molecule has 15 heavy (non-hydrogen) atoms. The zero-order valence-electron chi connectivity index (χ0n) is 8.92. The fourth-order valence-corrected chi connectivity index (χ4v) is 1.48. The lowest BCUT2D eigenvalue weighted by Gasteiger charge is -2.04. The van der Waals surface area contributed by atoms with Crippen molar-refractivity contribution in [3.63, 3.8) is 0 Å². The van der Waals surface area contributed by atoms with Gasteiger partial charge in [-0.15, -0.1) is 6.58 Å². The Morgan fingerprint density at radius 3 is 2.87 bits per heavy atom. The second kappa shape index (κ2) is 5.44. The van der Waals surface area contributed by atoms with Crippen LogP contribution in [0.1, 0.15) is 35.2 Å². The van der Waals surface area contributed by atoms with Crippen molar-refractivity contribution in [1.82, 2.24) is 0 Å². The molecule has 0 spiro atoms. The minimum atomic E-state index is -0.296. The first-order valence-electron chi connectivity index (χ1n) is 5.05. The van der Waals surface area contributed by atoms with Crippen LogP contribution in [0.2, 0.25) is 0 Å². The van der Waals surface area contributed by atoms with Crippen LogP contribution in [0.5, 0.6) is 0 Å². The number of rotatable bonds is 5. The molecule has 0 fully saturated rings. The number of carbonyl (C=O) groups is 1. The molecular formula is C13H15FO. The first-order chi connectivity index (χ1) is 7.15. The van der Waals surface area contributed by atoms with E-state index >= 15 is 0 Å². The van der Waals surface area contributed by atoms with Crippen LogP contribution >= 0.6 is 0 Å². The molecule has 0 bridgehead atoms. The standard InChI is InChI=1S/C13H15FO/c1-3-4-5-6-13(15)12-8-7-11(14)9-10(12)2/h3,7-9H,1,4-6H2,2H3. The number of unbranched alkanes of at least 4 members (excludes halogenated alkanes) is 1. The normalized spacial score (nSPS) is 10.0. The fourth-order valence-electron chi connectivity index (χ4n) is 1.48. The van der Waals surface area contributed by atoms with E-state index in [9.17, 15) is 9.18 Å². The van der Waals surface area contributed by atoms with Gasteiger partial charge in [0.15, 0.2) is 5.78 Å². The van der Waals surface area contributed by atoms with Gasteiger partial charge in [-0.25, -0.2) is 4.39 Å². The highest BCUT2D eigenvalue weighted by molar-refractivity contribution is 5.97. The quantitative estimate of drug-likeness (QED) is 0.408. The van der Waals surface area contributed by atoms with Gasteiger partial charge in [0.05, 0.1) is 0 Å². The Hall–Kier alpha value is -1.44. The lowest BCUT2D eigenvalue weighted by atomic mass is 10.0. The lowest BCUT2D eigenvalue weighted by molar-refractivity contribution is 0.0980. The molecule has 1 nitrogen and oxygen atoms in total. The SMILES string of the molecule is C=CCCCC(=O)c1ccc(F)cc1C. The van der Waals surface area contributed by atoms with E-state index in [4.69, 9.17) is 0 Å². The molecule has 0 aliphatic heterocycles. The molecule has 1 rings (SSSR count). The Morgan fingerprint density at radius 1 is 1.53 bits per heavy atom. The van der Waals surface area contributed by atoms with Crippen LogP contribution in [0.3, 0.4) is 0 Å². The number of carbonyl (C=O) groups excluding carboxylic acids is 1. The molecule has 0 saturated heterocycles. The van der Waals surface area contributed by atoms with Gasteiger partial charge in [0, 0.05) is 12.0 Å². The van der Waals surface area contributed by atoms with Gasteiger partial charge in [-0.3, -0.25) is 4.79 Å². The van der Waals surface area contributed by atoms with E-state index in [2.05, 4.69) is 6.58 Å². The van der Waals surface area contributed by atoms with Crippen molar-refractivity contribution in [1.29, 1.82) is 0 Å². The highest BCUT2D eigenvalue weighted by Crippen LogP contribution is 2.13. The summed E-state index contributed by atoms with van der Waals surface area (Å²) in [6, 6.07) is 4.27. The summed E-state index contributed by atoms with van der Waals surface area (Å²) in [4.78, 5) is 11.7. The Morgan fingerprint density at radius 2 is 2.27 bits per heavy atom. The van der Waals surface area contributed by atoms with E-state index < -0.39 is 0 Å². The molecule has 0 aliphatic rings. The molecule has 0 aliphatic carbocycles. The summed E-state index contributed by atoms with van der Waals surface area (Å²) < 4.78 is 12.8. The summed E-state index contributed by atoms with van der Waals surface area (Å²) in [6.07, 6.45) is 3.94. The summed E-state index contributed by atoms with van der Waals surface area (Å²) in [6.45, 7) is 5.35. The van der Waals surface area contributed by atoms with Gasteiger partial charge in [-0.05, 0) is 43.5 Å². The number of halogens is 1. The van der Waals surface area contributed by atoms with Crippen LogP contribution in [-0.4, -0.2) is 5.78 Å². The van der Waals surface area contributed by atoms with E-state index in [-0.39, 0.29) is 11.6 Å². The Labute approximate surface area is 89.6 Å². The second-order valence-electron chi connectivity index (χ2n) is 3.56. The largest absolute Gasteiger partial charge is 0.294 e. The number of hydrogen-bond donors (Lipinski definition) is 0. The molecule has 0 atom stereocenters. The van der Waals surface area contributed by atoms with Crippen molar-refractivity contribution in [2.24, 2.45) is 0 Å². The third kappa shape index (κ3) is 3.31. The van der Waals surface area contributed by atoms with E-state index in [1.165, 1.54) is 12.1 Å². The fraction of sp³-hybridized carbons (Fsp3) is 0.308. The van der Waals surface area contributed by atoms with E-state index in [1.807, 2.05) is 0 Å². The summed E-state index contributed by atoms with van der Waals surface area (Å²) in [7, 11) is 0. The average Bonchev–Trinajstić information content (AvgIpc) is 2.17. The van der Waals surface area contributed by atoms with Gasteiger partial charge in [0.2, 0.25) is 0 Å². The summed E-state index contributed by atoms with van der Waals surface area (Å²) >= 11 is 0. The molecule has 0 unspecified atom stereocenters. The van der Waals surface area contributed by atoms with Crippen molar-refractivity contribution < 1.29 is 9.18 Å². The van der Waals surface area contributed by atoms with Crippen molar-refractivity contribution in [3.05, 3.63) is 47.8 Å². The first-order valence-corrected chi connectivity index (χ1v) is 5.05. The molecule has 0 saturated carbocycles. The monoisotopic (exact) mass is 206 g/mol. The highest BCUT2D eigenvalue weighted by Gasteiger charge is 2.08. The van der Waals surface area contributed by atoms with Gasteiger partial charge in [0.1, 0.15) is 5.82 Å². The van der Waals surface area contributed by atoms with Crippen LogP contribution < -0.4 is 0 Å². The maximum absolute atomic E-state index is 12.8. The van der Waals surface area contributed by atoms with Gasteiger partial charge >= 0.3 is 0 Å². The van der Waals surface area contributed by atoms with Gasteiger partial charge < -0.3 is 0 Å². The number of hydrogen-bond acceptors (Lipinski definition) is 1. The van der Waals surface area contributed by atoms with Crippen LogP contribution in [0.15, 0.2) is 30.9 Å². The van der Waals surface area contributed by atoms with Crippen molar-refractivity contribution in [2.75, 3.05) is 0 Å². The average molecular weight is 206 g/mol. The smallest absolute Gasteiger partial charge is 0.163 e. The van der Waals surface area contributed by atoms with E-state index in [0.717, 1.165) is 12.8 Å². The Balaban J connectivity index is 2.69. The highest BCUT2D eigenvalue weighted by atomic mass is 19.1. The Kier molecular flexibility index (Phi) is 4.22. The molecular weight excluding hydrogens is 191 g/mol. The molecule has 80 valence electrons. The summed E-state index contributed by atoms with van der Waals surface area (Å²) in [5.74, 6) is -0.218. The number of benzene rings is 1. The number of ketones is 1. The molecule has 0 aromatic heterocycles. The minimum absolute atomic E-state index is 0.0781. The van der Waals surface area contributed by atoms with Gasteiger partial charge in [-0.1, -0.05) is 6.08 Å². The van der Waals surface area contributed by atoms with Gasteiger partial charge in [-0.2, -0.15) is 0 Å². The molecule has 1 aromatic rings. The summed E-state index contributed by atoms with van der Waals surface area (Å²) in [5.41, 5.74) is 1.33. The molecule has 1 aromatic carbocycles. The minimum Gasteiger partial charge on any atom is -0.294 e. The summed E-state index contributed by atoms with van der Waals surface area (Å²) in [5, 5.41) is 0. The Bertz CT molecular complexity index is 369. The van der Waals surface area contributed by atoms with Crippen LogP contribution in [0.4, 0.5) is 4.39 Å². The molecule has 0 heterocycles. The number of allylic oxidation sites excluding steroid dienone is 1. The third-order valence-electron chi connectivity index (χ3n) is 2.30. The maximum atomic E-state index is 12.8. The predicted octanol–water partition coefficient (Wildman–Crippen LogP) is 3.67. The van der Waals surface area contributed by atoms with Gasteiger partial charge in [0.25, 0.3) is 0 Å². The van der Waals surface area contributed by atoms with Crippen molar-refractivity contribution in [3.8, 4) is 0 Å². The number of aryl methyl sites for hydroxylation is 1. The number of Topliss-reactive ketones (excluding diaryl/α,β-unsaturated/α-hetero) is 1. The topological polar surface area (TPSA) is 17.1 Å². The molecule has 0 radical (unpaired) electrons.